The Morgan fingerprint density at radius 3 is 2.11 bits per heavy atom. The highest BCUT2D eigenvalue weighted by atomic mass is 32.1. The molecule has 0 radical (unpaired) electrons. The molecule has 2 nitrogen and oxygen atoms in total. The Morgan fingerprint density at radius 1 is 1.17 bits per heavy atom. The van der Waals surface area contributed by atoms with Crippen LogP contribution < -0.4 is 10.6 Å². The quantitative estimate of drug-likeness (QED) is 0.767. The minimum atomic E-state index is 0.353. The summed E-state index contributed by atoms with van der Waals surface area (Å²) in [6, 6.07) is 0.485. The molecule has 18 heavy (non-hydrogen) atoms. The van der Waals surface area contributed by atoms with E-state index in [4.69, 9.17) is 12.2 Å². The van der Waals surface area contributed by atoms with Crippen LogP contribution in [0, 0.1) is 17.8 Å². The molecule has 4 saturated carbocycles. The van der Waals surface area contributed by atoms with Crippen LogP contribution in [-0.2, 0) is 0 Å². The molecule has 1 unspecified atom stereocenters. The molecule has 4 fully saturated rings. The van der Waals surface area contributed by atoms with E-state index in [2.05, 4.69) is 24.5 Å². The highest BCUT2D eigenvalue weighted by Crippen LogP contribution is 2.55. The monoisotopic (exact) mass is 266 g/mol. The minimum absolute atomic E-state index is 0.353. The lowest BCUT2D eigenvalue weighted by Crippen LogP contribution is -2.61. The maximum absolute atomic E-state index is 5.51. The molecule has 0 aliphatic heterocycles. The molecule has 2 N–H and O–H groups in total. The summed E-state index contributed by atoms with van der Waals surface area (Å²) in [6.07, 6.45) is 9.69. The van der Waals surface area contributed by atoms with Crippen LogP contribution in [-0.4, -0.2) is 16.7 Å². The fourth-order valence-electron chi connectivity index (χ4n) is 4.87. The topological polar surface area (TPSA) is 24.1 Å². The molecule has 1 atom stereocenters. The number of rotatable bonds is 3. The Kier molecular flexibility index (Phi) is 3.29. The van der Waals surface area contributed by atoms with Gasteiger partial charge in [-0.3, -0.25) is 0 Å². The van der Waals surface area contributed by atoms with Crippen LogP contribution in [0.3, 0.4) is 0 Å². The van der Waals surface area contributed by atoms with Gasteiger partial charge in [0.2, 0.25) is 0 Å². The van der Waals surface area contributed by atoms with E-state index in [0.29, 0.717) is 11.6 Å². The van der Waals surface area contributed by atoms with Crippen molar-refractivity contribution in [2.45, 2.75) is 70.4 Å². The van der Waals surface area contributed by atoms with E-state index >= 15 is 0 Å². The highest BCUT2D eigenvalue weighted by molar-refractivity contribution is 7.80. The van der Waals surface area contributed by atoms with Gasteiger partial charge in [-0.25, -0.2) is 0 Å². The molecule has 3 heteroatoms. The average molecular weight is 266 g/mol. The molecule has 0 aromatic carbocycles. The summed E-state index contributed by atoms with van der Waals surface area (Å²) < 4.78 is 0. The van der Waals surface area contributed by atoms with Gasteiger partial charge in [0.15, 0.2) is 5.11 Å². The van der Waals surface area contributed by atoms with Crippen molar-refractivity contribution >= 4 is 17.3 Å². The number of thiocarbonyl (C=S) groups is 1. The molecule has 4 rings (SSSR count). The summed E-state index contributed by atoms with van der Waals surface area (Å²) in [4.78, 5) is 0. The van der Waals surface area contributed by atoms with Crippen LogP contribution in [0.5, 0.6) is 0 Å². The molecule has 4 aliphatic carbocycles. The second-order valence-corrected chi connectivity index (χ2v) is 7.51. The highest BCUT2D eigenvalue weighted by Gasteiger charge is 2.51. The zero-order valence-electron chi connectivity index (χ0n) is 11.7. The van der Waals surface area contributed by atoms with Crippen molar-refractivity contribution in [3.63, 3.8) is 0 Å². The SMILES string of the molecule is CCC(C)NC(=S)NC12CC3CC(CC(C3)C1)C2. The molecule has 4 aliphatic rings. The van der Waals surface area contributed by atoms with Crippen LogP contribution in [0.2, 0.25) is 0 Å². The first-order chi connectivity index (χ1) is 8.58. The standard InChI is InChI=1S/C15H26N2S/c1-3-10(2)16-14(18)17-15-7-11-4-12(8-15)6-13(5-11)9-15/h10-13H,3-9H2,1-2H3,(H2,16,17,18). The van der Waals surface area contributed by atoms with Gasteiger partial charge in [0, 0.05) is 11.6 Å². The van der Waals surface area contributed by atoms with Gasteiger partial charge in [0.25, 0.3) is 0 Å². The summed E-state index contributed by atoms with van der Waals surface area (Å²) >= 11 is 5.51. The minimum Gasteiger partial charge on any atom is -0.360 e. The lowest BCUT2D eigenvalue weighted by molar-refractivity contribution is -0.0102. The Balaban J connectivity index is 1.63. The van der Waals surface area contributed by atoms with Gasteiger partial charge in [0.05, 0.1) is 0 Å². The molecule has 102 valence electrons. The number of hydrogen-bond acceptors (Lipinski definition) is 1. The summed E-state index contributed by atoms with van der Waals surface area (Å²) in [5.41, 5.74) is 0.353. The summed E-state index contributed by atoms with van der Waals surface area (Å²) in [5, 5.41) is 8.03. The summed E-state index contributed by atoms with van der Waals surface area (Å²) in [6.45, 7) is 4.40. The zero-order valence-corrected chi connectivity index (χ0v) is 12.5. The maximum atomic E-state index is 5.51. The fraction of sp³-hybridized carbons (Fsp3) is 0.933. The van der Waals surface area contributed by atoms with Crippen LogP contribution >= 0.6 is 12.2 Å². The Morgan fingerprint density at radius 2 is 1.67 bits per heavy atom. The molecule has 0 saturated heterocycles. The molecule has 0 aromatic heterocycles. The van der Waals surface area contributed by atoms with E-state index in [1.807, 2.05) is 0 Å². The Hall–Kier alpha value is -0.310. The van der Waals surface area contributed by atoms with Crippen molar-refractivity contribution in [2.75, 3.05) is 0 Å². The van der Waals surface area contributed by atoms with E-state index in [0.717, 1.165) is 29.3 Å². The van der Waals surface area contributed by atoms with E-state index in [9.17, 15) is 0 Å². The lowest BCUT2D eigenvalue weighted by Gasteiger charge is -2.57. The lowest BCUT2D eigenvalue weighted by atomic mass is 9.53. The van der Waals surface area contributed by atoms with E-state index in [1.54, 1.807) is 0 Å². The third-order valence-corrected chi connectivity index (χ3v) is 5.63. The van der Waals surface area contributed by atoms with Crippen molar-refractivity contribution in [3.05, 3.63) is 0 Å². The van der Waals surface area contributed by atoms with Crippen molar-refractivity contribution in [1.82, 2.24) is 10.6 Å². The molecule has 0 heterocycles. The van der Waals surface area contributed by atoms with E-state index < -0.39 is 0 Å². The average Bonchev–Trinajstić information content (AvgIpc) is 2.25. The first kappa shape index (κ1) is 12.7. The van der Waals surface area contributed by atoms with E-state index in [1.165, 1.54) is 38.5 Å². The third kappa shape index (κ3) is 2.38. The van der Waals surface area contributed by atoms with Crippen LogP contribution in [0.15, 0.2) is 0 Å². The zero-order chi connectivity index (χ0) is 12.8. The fourth-order valence-corrected chi connectivity index (χ4v) is 5.28. The third-order valence-electron chi connectivity index (χ3n) is 5.41. The van der Waals surface area contributed by atoms with Gasteiger partial charge in [-0.05, 0) is 81.8 Å². The predicted molar refractivity (Wildman–Crippen MR) is 79.5 cm³/mol. The first-order valence-corrected chi connectivity index (χ1v) is 8.08. The Bertz CT molecular complexity index is 304. The molecular weight excluding hydrogens is 240 g/mol. The van der Waals surface area contributed by atoms with E-state index in [-0.39, 0.29) is 0 Å². The molecule has 0 spiro atoms. The van der Waals surface area contributed by atoms with Gasteiger partial charge >= 0.3 is 0 Å². The van der Waals surface area contributed by atoms with Crippen molar-refractivity contribution < 1.29 is 0 Å². The second-order valence-electron chi connectivity index (χ2n) is 7.11. The van der Waals surface area contributed by atoms with Crippen molar-refractivity contribution in [3.8, 4) is 0 Å². The first-order valence-electron chi connectivity index (χ1n) is 7.67. The molecular formula is C15H26N2S. The van der Waals surface area contributed by atoms with Crippen LogP contribution in [0.4, 0.5) is 0 Å². The van der Waals surface area contributed by atoms with Crippen LogP contribution in [0.1, 0.15) is 58.8 Å². The van der Waals surface area contributed by atoms with Crippen molar-refractivity contribution in [2.24, 2.45) is 17.8 Å². The molecule has 0 aromatic rings. The molecule has 4 bridgehead atoms. The van der Waals surface area contributed by atoms with Crippen molar-refractivity contribution in [1.29, 1.82) is 0 Å². The summed E-state index contributed by atoms with van der Waals surface area (Å²) in [5.74, 6) is 2.94. The van der Waals surface area contributed by atoms with Gasteiger partial charge in [-0.1, -0.05) is 6.92 Å². The summed E-state index contributed by atoms with van der Waals surface area (Å²) in [7, 11) is 0. The largest absolute Gasteiger partial charge is 0.360 e. The van der Waals surface area contributed by atoms with Gasteiger partial charge in [0.1, 0.15) is 0 Å². The second kappa shape index (κ2) is 4.66. The predicted octanol–water partition coefficient (Wildman–Crippen LogP) is 3.22. The normalized spacial score (nSPS) is 42.7. The number of nitrogens with one attached hydrogen (secondary N) is 2. The smallest absolute Gasteiger partial charge is 0.166 e. The molecule has 0 amide bonds. The number of hydrogen-bond donors (Lipinski definition) is 2. The Labute approximate surface area is 116 Å². The van der Waals surface area contributed by atoms with Gasteiger partial charge in [-0.2, -0.15) is 0 Å². The maximum Gasteiger partial charge on any atom is 0.166 e. The van der Waals surface area contributed by atoms with Gasteiger partial charge < -0.3 is 10.6 Å². The van der Waals surface area contributed by atoms with Crippen LogP contribution in [0.25, 0.3) is 0 Å². The van der Waals surface area contributed by atoms with Gasteiger partial charge in [-0.15, -0.1) is 0 Å².